The summed E-state index contributed by atoms with van der Waals surface area (Å²) in [5, 5.41) is 11.4. The fourth-order valence-electron chi connectivity index (χ4n) is 2.61. The molecule has 120 valence electrons. The van der Waals surface area contributed by atoms with Gasteiger partial charge < -0.3 is 0 Å². The smallest absolute Gasteiger partial charge is 0.269 e. The molecule has 0 bridgehead atoms. The highest BCUT2D eigenvalue weighted by Crippen LogP contribution is 2.34. The molecule has 0 aromatic heterocycles. The highest BCUT2D eigenvalue weighted by molar-refractivity contribution is 7.92. The zero-order valence-corrected chi connectivity index (χ0v) is 13.5. The molecule has 8 heteroatoms. The third-order valence-corrected chi connectivity index (χ3v) is 5.73. The molecule has 0 spiro atoms. The number of nitrogens with zero attached hydrogens (tertiary/aromatic N) is 2. The van der Waals surface area contributed by atoms with Crippen molar-refractivity contribution in [2.24, 2.45) is 0 Å². The van der Waals surface area contributed by atoms with Gasteiger partial charge >= 0.3 is 0 Å². The van der Waals surface area contributed by atoms with Crippen LogP contribution in [0.1, 0.15) is 11.1 Å². The third-order valence-electron chi connectivity index (χ3n) is 3.73. The van der Waals surface area contributed by atoms with Gasteiger partial charge in [-0.25, -0.2) is 8.42 Å². The molecule has 0 radical (unpaired) electrons. The van der Waals surface area contributed by atoms with Gasteiger partial charge in [-0.15, -0.1) is 0 Å². The van der Waals surface area contributed by atoms with Gasteiger partial charge in [-0.05, 0) is 29.7 Å². The monoisotopic (exact) mass is 352 g/mol. The lowest BCUT2D eigenvalue weighted by molar-refractivity contribution is -0.384. The van der Waals surface area contributed by atoms with Gasteiger partial charge in [-0.1, -0.05) is 29.8 Å². The molecule has 2 aromatic carbocycles. The number of rotatable bonds is 4. The molecule has 0 saturated heterocycles. The van der Waals surface area contributed by atoms with Crippen molar-refractivity contribution in [3.63, 3.8) is 0 Å². The lowest BCUT2D eigenvalue weighted by atomic mass is 10.1. The Hall–Kier alpha value is -2.12. The van der Waals surface area contributed by atoms with E-state index in [1.54, 1.807) is 30.3 Å². The van der Waals surface area contributed by atoms with Crippen molar-refractivity contribution in [3.8, 4) is 0 Å². The van der Waals surface area contributed by atoms with Gasteiger partial charge in [-0.2, -0.15) is 0 Å². The number of fused-ring (bicyclic) bond motifs is 1. The molecule has 6 nitrogen and oxygen atoms in total. The number of benzene rings is 2. The Labute approximate surface area is 138 Å². The van der Waals surface area contributed by atoms with E-state index in [1.165, 1.54) is 16.4 Å². The molecule has 1 heterocycles. The maximum absolute atomic E-state index is 12.7. The van der Waals surface area contributed by atoms with Gasteiger partial charge in [0.15, 0.2) is 0 Å². The second-order valence-corrected chi connectivity index (χ2v) is 7.60. The molecule has 1 aliphatic heterocycles. The Balaban J connectivity index is 1.92. The number of halogens is 1. The summed E-state index contributed by atoms with van der Waals surface area (Å²) in [5.74, 6) is -0.174. The van der Waals surface area contributed by atoms with Crippen LogP contribution in [-0.4, -0.2) is 19.9 Å². The van der Waals surface area contributed by atoms with Crippen LogP contribution in [0, 0.1) is 10.1 Å². The van der Waals surface area contributed by atoms with Crippen molar-refractivity contribution in [1.29, 1.82) is 0 Å². The van der Waals surface area contributed by atoms with Crippen molar-refractivity contribution < 1.29 is 13.3 Å². The van der Waals surface area contributed by atoms with E-state index < -0.39 is 14.9 Å². The van der Waals surface area contributed by atoms with Crippen molar-refractivity contribution in [2.45, 2.75) is 12.2 Å². The summed E-state index contributed by atoms with van der Waals surface area (Å²) in [6.07, 6.45) is 0.549. The van der Waals surface area contributed by atoms with E-state index in [0.717, 1.165) is 5.56 Å². The van der Waals surface area contributed by atoms with Crippen molar-refractivity contribution >= 4 is 33.0 Å². The quantitative estimate of drug-likeness (QED) is 0.625. The van der Waals surface area contributed by atoms with Crippen LogP contribution in [0.15, 0.2) is 42.5 Å². The van der Waals surface area contributed by atoms with E-state index in [9.17, 15) is 18.5 Å². The maximum atomic E-state index is 12.7. The Morgan fingerprint density at radius 2 is 1.87 bits per heavy atom. The van der Waals surface area contributed by atoms with Gasteiger partial charge in [0.1, 0.15) is 0 Å². The van der Waals surface area contributed by atoms with E-state index in [2.05, 4.69) is 0 Å². The molecule has 23 heavy (non-hydrogen) atoms. The Bertz CT molecular complexity index is 866. The Morgan fingerprint density at radius 3 is 2.52 bits per heavy atom. The van der Waals surface area contributed by atoms with E-state index >= 15 is 0 Å². The summed E-state index contributed by atoms with van der Waals surface area (Å²) < 4.78 is 26.6. The van der Waals surface area contributed by atoms with Gasteiger partial charge in [-0.3, -0.25) is 14.4 Å². The maximum Gasteiger partial charge on any atom is 0.271 e. The Kier molecular flexibility index (Phi) is 3.99. The predicted octanol–water partition coefficient (Wildman–Crippen LogP) is 3.14. The molecule has 0 N–H and O–H groups in total. The van der Waals surface area contributed by atoms with Crippen LogP contribution in [0.25, 0.3) is 0 Å². The lowest BCUT2D eigenvalue weighted by Gasteiger charge is -2.19. The minimum atomic E-state index is -3.61. The number of non-ortho nitro benzene ring substituents is 1. The summed E-state index contributed by atoms with van der Waals surface area (Å²) in [6, 6.07) is 10.9. The number of hydrogen-bond donors (Lipinski definition) is 0. The second-order valence-electron chi connectivity index (χ2n) is 5.27. The van der Waals surface area contributed by atoms with Crippen LogP contribution in [0.5, 0.6) is 0 Å². The first kappa shape index (κ1) is 15.8. The molecule has 0 fully saturated rings. The molecule has 2 aromatic rings. The first-order chi connectivity index (χ1) is 10.9. The van der Waals surface area contributed by atoms with E-state index in [-0.39, 0.29) is 11.4 Å². The van der Waals surface area contributed by atoms with Crippen molar-refractivity contribution in [2.75, 3.05) is 10.8 Å². The highest BCUT2D eigenvalue weighted by Gasteiger charge is 2.31. The van der Waals surface area contributed by atoms with Gasteiger partial charge in [0.25, 0.3) is 5.69 Å². The molecule has 0 saturated carbocycles. The van der Waals surface area contributed by atoms with E-state index in [4.69, 9.17) is 11.6 Å². The number of nitro benzene ring substituents is 1. The summed E-state index contributed by atoms with van der Waals surface area (Å²) in [4.78, 5) is 10.4. The Morgan fingerprint density at radius 1 is 1.17 bits per heavy atom. The number of sulfonamides is 1. The summed E-state index contributed by atoms with van der Waals surface area (Å²) >= 11 is 5.80. The van der Waals surface area contributed by atoms with Crippen LogP contribution >= 0.6 is 11.6 Å². The van der Waals surface area contributed by atoms with Crippen LogP contribution < -0.4 is 4.31 Å². The van der Waals surface area contributed by atoms with Crippen LogP contribution in [0.4, 0.5) is 11.4 Å². The molecule has 0 amide bonds. The standard InChI is InChI=1S/C15H13ClN2O4S/c16-13-4-1-11(2-5-13)10-23(21,22)17-8-7-12-3-6-14(18(19)20)9-15(12)17/h1-6,9H,7-8,10H2. The van der Waals surface area contributed by atoms with Gasteiger partial charge in [0, 0.05) is 23.7 Å². The summed E-state index contributed by atoms with van der Waals surface area (Å²) in [7, 11) is -3.61. The average molecular weight is 353 g/mol. The SMILES string of the molecule is O=[N+]([O-])c1ccc2c(c1)N(S(=O)(=O)Cc1ccc(Cl)cc1)CC2. The summed E-state index contributed by atoms with van der Waals surface area (Å²) in [5.41, 5.74) is 1.70. The predicted molar refractivity (Wildman–Crippen MR) is 88.2 cm³/mol. The number of hydrogen-bond acceptors (Lipinski definition) is 4. The topological polar surface area (TPSA) is 80.5 Å². The molecule has 0 aliphatic carbocycles. The fraction of sp³-hybridized carbons (Fsp3) is 0.200. The second kappa shape index (κ2) is 5.82. The van der Waals surface area contributed by atoms with Crippen molar-refractivity contribution in [1.82, 2.24) is 0 Å². The lowest BCUT2D eigenvalue weighted by Crippen LogP contribution is -2.30. The minimum absolute atomic E-state index is 0.114. The minimum Gasteiger partial charge on any atom is -0.269 e. The normalized spacial score (nSPS) is 13.9. The zero-order valence-electron chi connectivity index (χ0n) is 12.0. The fourth-order valence-corrected chi connectivity index (χ4v) is 4.34. The summed E-state index contributed by atoms with van der Waals surface area (Å²) in [6.45, 7) is 0.298. The molecule has 0 unspecified atom stereocenters. The molecule has 1 aliphatic rings. The van der Waals surface area contributed by atoms with Crippen LogP contribution in [0.2, 0.25) is 5.02 Å². The molecule has 0 atom stereocenters. The average Bonchev–Trinajstić information content (AvgIpc) is 2.93. The van der Waals surface area contributed by atoms with Crippen molar-refractivity contribution in [3.05, 3.63) is 68.7 Å². The van der Waals surface area contributed by atoms with E-state index in [0.29, 0.717) is 29.2 Å². The zero-order chi connectivity index (χ0) is 16.6. The number of anilines is 1. The first-order valence-corrected chi connectivity index (χ1v) is 8.88. The number of nitro groups is 1. The first-order valence-electron chi connectivity index (χ1n) is 6.89. The molecule has 3 rings (SSSR count). The van der Waals surface area contributed by atoms with Crippen LogP contribution in [-0.2, 0) is 22.2 Å². The van der Waals surface area contributed by atoms with Gasteiger partial charge in [0.05, 0.1) is 16.4 Å². The van der Waals surface area contributed by atoms with Crippen LogP contribution in [0.3, 0.4) is 0 Å². The largest absolute Gasteiger partial charge is 0.271 e. The highest BCUT2D eigenvalue weighted by atomic mass is 35.5. The third kappa shape index (κ3) is 3.16. The molecular weight excluding hydrogens is 340 g/mol. The van der Waals surface area contributed by atoms with E-state index in [1.807, 2.05) is 0 Å². The van der Waals surface area contributed by atoms with Gasteiger partial charge in [0.2, 0.25) is 10.0 Å². The molecular formula is C15H13ClN2O4S.